The number of benzene rings is 3. The van der Waals surface area contributed by atoms with Crippen LogP contribution in [0.3, 0.4) is 0 Å². The second-order valence-electron chi connectivity index (χ2n) is 6.30. The third-order valence-electron chi connectivity index (χ3n) is 4.50. The van der Waals surface area contributed by atoms with E-state index in [9.17, 15) is 0 Å². The van der Waals surface area contributed by atoms with Crippen molar-refractivity contribution in [2.45, 2.75) is 6.61 Å². The number of aromatic nitrogens is 1. The molecule has 4 aromatic rings. The summed E-state index contributed by atoms with van der Waals surface area (Å²) in [6.07, 6.45) is 3.64. The first-order valence-corrected chi connectivity index (χ1v) is 9.63. The van der Waals surface area contributed by atoms with Crippen LogP contribution in [0, 0.1) is 0 Å². The van der Waals surface area contributed by atoms with Gasteiger partial charge in [-0.1, -0.05) is 77.8 Å². The van der Waals surface area contributed by atoms with E-state index in [-0.39, 0.29) is 0 Å². The van der Waals surface area contributed by atoms with Crippen LogP contribution in [0.2, 0.25) is 10.0 Å². The van der Waals surface area contributed by atoms with Crippen molar-refractivity contribution in [3.63, 3.8) is 0 Å². The highest BCUT2D eigenvalue weighted by Crippen LogP contribution is 2.34. The molecule has 2 nitrogen and oxygen atoms in total. The van der Waals surface area contributed by atoms with Crippen molar-refractivity contribution < 1.29 is 4.74 Å². The molecule has 0 spiro atoms. The van der Waals surface area contributed by atoms with Gasteiger partial charge in [0.2, 0.25) is 0 Å². The summed E-state index contributed by atoms with van der Waals surface area (Å²) < 4.78 is 6.09. The molecule has 1 heterocycles. The maximum Gasteiger partial charge on any atom is 0.138 e. The molecule has 0 saturated heterocycles. The molecule has 0 aliphatic rings. The van der Waals surface area contributed by atoms with Crippen molar-refractivity contribution in [3.05, 3.63) is 107 Å². The molecule has 0 saturated carbocycles. The molecule has 0 bridgehead atoms. The van der Waals surface area contributed by atoms with E-state index < -0.39 is 0 Å². The van der Waals surface area contributed by atoms with Crippen LogP contribution in [0.15, 0.2) is 91.3 Å². The Balaban J connectivity index is 1.78. The molecule has 3 aromatic carbocycles. The lowest BCUT2D eigenvalue weighted by Gasteiger charge is -2.17. The Kier molecular flexibility index (Phi) is 5.61. The van der Waals surface area contributed by atoms with E-state index >= 15 is 0 Å². The van der Waals surface area contributed by atoms with Gasteiger partial charge in [-0.05, 0) is 41.0 Å². The molecule has 138 valence electrons. The van der Waals surface area contributed by atoms with Crippen molar-refractivity contribution in [2.75, 3.05) is 0 Å². The minimum absolute atomic E-state index is 0.372. The first-order chi connectivity index (χ1) is 13.7. The number of rotatable bonds is 5. The van der Waals surface area contributed by atoms with Gasteiger partial charge in [0, 0.05) is 28.5 Å². The third kappa shape index (κ3) is 4.04. The third-order valence-corrected chi connectivity index (χ3v) is 5.03. The van der Waals surface area contributed by atoms with Crippen molar-refractivity contribution in [1.29, 1.82) is 0 Å². The quantitative estimate of drug-likeness (QED) is 0.347. The molecule has 0 aliphatic heterocycles. The Bertz CT molecular complexity index is 1020. The molecule has 0 fully saturated rings. The lowest BCUT2D eigenvalue weighted by Crippen LogP contribution is -2.01. The molecular formula is C24H17Cl2NO. The molecule has 4 heteroatoms. The molecule has 0 amide bonds. The van der Waals surface area contributed by atoms with Gasteiger partial charge >= 0.3 is 0 Å². The predicted octanol–water partition coefficient (Wildman–Crippen LogP) is 7.30. The highest BCUT2D eigenvalue weighted by molar-refractivity contribution is 6.35. The number of halogens is 2. The van der Waals surface area contributed by atoms with Crippen LogP contribution >= 0.6 is 23.2 Å². The maximum absolute atomic E-state index is 6.29. The number of nitrogens with zero attached hydrogens (tertiary/aromatic N) is 1. The summed E-state index contributed by atoms with van der Waals surface area (Å²) in [5.74, 6) is 0.603. The molecule has 4 rings (SSSR count). The van der Waals surface area contributed by atoms with Gasteiger partial charge < -0.3 is 4.74 Å². The van der Waals surface area contributed by atoms with Crippen LogP contribution in [0.1, 0.15) is 5.56 Å². The second-order valence-corrected chi connectivity index (χ2v) is 7.15. The molecule has 0 radical (unpaired) electrons. The van der Waals surface area contributed by atoms with Gasteiger partial charge in [-0.2, -0.15) is 0 Å². The SMILES string of the molecule is Clc1ccc(OCc2c(-c3ccccc3)cccc2-c2cccnc2)c(Cl)c1. The van der Waals surface area contributed by atoms with E-state index in [2.05, 4.69) is 41.4 Å². The molecule has 0 unspecified atom stereocenters. The first kappa shape index (κ1) is 18.5. The van der Waals surface area contributed by atoms with Crippen LogP contribution < -0.4 is 4.74 Å². The topological polar surface area (TPSA) is 22.1 Å². The van der Waals surface area contributed by atoms with Crippen molar-refractivity contribution in [1.82, 2.24) is 4.98 Å². The normalized spacial score (nSPS) is 10.6. The van der Waals surface area contributed by atoms with E-state index in [0.717, 1.165) is 27.8 Å². The Morgan fingerprint density at radius 1 is 0.750 bits per heavy atom. The Labute approximate surface area is 174 Å². The molecule has 0 N–H and O–H groups in total. The van der Waals surface area contributed by atoms with Gasteiger partial charge in [0.25, 0.3) is 0 Å². The van der Waals surface area contributed by atoms with E-state index in [1.54, 1.807) is 24.4 Å². The predicted molar refractivity (Wildman–Crippen MR) is 116 cm³/mol. The molecule has 1 aromatic heterocycles. The van der Waals surface area contributed by atoms with E-state index in [4.69, 9.17) is 27.9 Å². The number of pyridine rings is 1. The van der Waals surface area contributed by atoms with Crippen LogP contribution in [-0.2, 0) is 6.61 Å². The largest absolute Gasteiger partial charge is 0.487 e. The Hall–Kier alpha value is -2.81. The zero-order valence-electron chi connectivity index (χ0n) is 15.0. The van der Waals surface area contributed by atoms with Crippen molar-refractivity contribution >= 4 is 23.2 Å². The van der Waals surface area contributed by atoms with Crippen LogP contribution in [0.5, 0.6) is 5.75 Å². The molecule has 0 aliphatic carbocycles. The standard InChI is InChI=1S/C24H17Cl2NO/c25-19-11-12-24(23(26)14-19)28-16-22-20(17-6-2-1-3-7-17)9-4-10-21(22)18-8-5-13-27-15-18/h1-15H,16H2. The van der Waals surface area contributed by atoms with Crippen LogP contribution in [-0.4, -0.2) is 4.98 Å². The monoisotopic (exact) mass is 405 g/mol. The van der Waals surface area contributed by atoms with Crippen LogP contribution in [0.25, 0.3) is 22.3 Å². The average molecular weight is 406 g/mol. The Morgan fingerprint density at radius 3 is 2.21 bits per heavy atom. The first-order valence-electron chi connectivity index (χ1n) is 8.88. The molecule has 0 atom stereocenters. The maximum atomic E-state index is 6.29. The molecule has 28 heavy (non-hydrogen) atoms. The fraction of sp³-hybridized carbons (Fsp3) is 0.0417. The minimum Gasteiger partial charge on any atom is -0.487 e. The molecular weight excluding hydrogens is 389 g/mol. The summed E-state index contributed by atoms with van der Waals surface area (Å²) in [5, 5.41) is 1.07. The van der Waals surface area contributed by atoms with Crippen molar-refractivity contribution in [2.24, 2.45) is 0 Å². The van der Waals surface area contributed by atoms with Gasteiger partial charge in [-0.25, -0.2) is 0 Å². The summed E-state index contributed by atoms with van der Waals surface area (Å²) in [6.45, 7) is 0.372. The van der Waals surface area contributed by atoms with Gasteiger partial charge in [0.15, 0.2) is 0 Å². The van der Waals surface area contributed by atoms with Gasteiger partial charge in [0.1, 0.15) is 12.4 Å². The lowest BCUT2D eigenvalue weighted by atomic mass is 9.93. The smallest absolute Gasteiger partial charge is 0.138 e. The number of hydrogen-bond acceptors (Lipinski definition) is 2. The van der Waals surface area contributed by atoms with E-state index in [1.807, 2.05) is 30.5 Å². The second kappa shape index (κ2) is 8.47. The van der Waals surface area contributed by atoms with Gasteiger partial charge in [-0.3, -0.25) is 4.98 Å². The summed E-state index contributed by atoms with van der Waals surface area (Å²) >= 11 is 12.3. The lowest BCUT2D eigenvalue weighted by molar-refractivity contribution is 0.307. The van der Waals surface area contributed by atoms with E-state index in [1.165, 1.54) is 0 Å². The zero-order valence-corrected chi connectivity index (χ0v) is 16.5. The average Bonchev–Trinajstić information content (AvgIpc) is 2.74. The van der Waals surface area contributed by atoms with Gasteiger partial charge in [0.05, 0.1) is 5.02 Å². The highest BCUT2D eigenvalue weighted by atomic mass is 35.5. The minimum atomic E-state index is 0.372. The Morgan fingerprint density at radius 2 is 1.50 bits per heavy atom. The van der Waals surface area contributed by atoms with E-state index in [0.29, 0.717) is 22.4 Å². The number of hydrogen-bond donors (Lipinski definition) is 0. The van der Waals surface area contributed by atoms with Gasteiger partial charge in [-0.15, -0.1) is 0 Å². The van der Waals surface area contributed by atoms with Crippen molar-refractivity contribution in [3.8, 4) is 28.0 Å². The van der Waals surface area contributed by atoms with Crippen LogP contribution in [0.4, 0.5) is 0 Å². The summed E-state index contributed by atoms with van der Waals surface area (Å²) in [7, 11) is 0. The fourth-order valence-electron chi connectivity index (χ4n) is 3.17. The fourth-order valence-corrected chi connectivity index (χ4v) is 3.63. The number of ether oxygens (including phenoxy) is 1. The zero-order chi connectivity index (χ0) is 19.3. The highest BCUT2D eigenvalue weighted by Gasteiger charge is 2.13. The summed E-state index contributed by atoms with van der Waals surface area (Å²) in [4.78, 5) is 4.27. The summed E-state index contributed by atoms with van der Waals surface area (Å²) in [5.41, 5.74) is 5.45. The summed E-state index contributed by atoms with van der Waals surface area (Å²) in [6, 6.07) is 25.8.